The molecule has 88 valence electrons. The topological polar surface area (TPSA) is 43.8 Å². The average Bonchev–Trinajstić information content (AvgIpc) is 2.61. The molecule has 0 bridgehead atoms. The van der Waals surface area contributed by atoms with Gasteiger partial charge in [0, 0.05) is 24.3 Å². The molecule has 1 unspecified atom stereocenters. The normalized spacial score (nSPS) is 21.6. The Morgan fingerprint density at radius 2 is 2.38 bits per heavy atom. The van der Waals surface area contributed by atoms with E-state index < -0.39 is 0 Å². The fraction of sp³-hybridized carbons (Fsp3) is 0.615. The number of allylic oxidation sites excluding steroid dienone is 1. The van der Waals surface area contributed by atoms with Crippen LogP contribution in [0.15, 0.2) is 18.5 Å². The minimum atomic E-state index is 0.229. The second-order valence-electron chi connectivity index (χ2n) is 4.59. The van der Waals surface area contributed by atoms with Gasteiger partial charge in [0.2, 0.25) is 0 Å². The summed E-state index contributed by atoms with van der Waals surface area (Å²) in [6, 6.07) is 0.229. The Balaban J connectivity index is 2.14. The monoisotopic (exact) mass is 219 g/mol. The number of aryl methyl sites for hydroxylation is 1. The van der Waals surface area contributed by atoms with Crippen LogP contribution in [0, 0.1) is 0 Å². The lowest BCUT2D eigenvalue weighted by atomic mass is 10.0. The number of aromatic nitrogens is 2. The van der Waals surface area contributed by atoms with Gasteiger partial charge in [0.15, 0.2) is 0 Å². The van der Waals surface area contributed by atoms with Crippen molar-refractivity contribution in [1.29, 1.82) is 0 Å². The first-order chi connectivity index (χ1) is 7.79. The van der Waals surface area contributed by atoms with Crippen molar-refractivity contribution in [3.05, 3.63) is 24.0 Å². The lowest BCUT2D eigenvalue weighted by Crippen LogP contribution is -2.15. The molecule has 1 aromatic rings. The van der Waals surface area contributed by atoms with Crippen LogP contribution in [0.3, 0.4) is 0 Å². The van der Waals surface area contributed by atoms with Crippen LogP contribution < -0.4 is 5.73 Å². The SMILES string of the molecule is CCCn1cc(C2=CC(N)CCCC2)cn1. The zero-order chi connectivity index (χ0) is 11.4. The molecule has 1 aliphatic rings. The molecule has 0 saturated carbocycles. The van der Waals surface area contributed by atoms with E-state index in [1.54, 1.807) is 0 Å². The molecule has 0 radical (unpaired) electrons. The summed E-state index contributed by atoms with van der Waals surface area (Å²) in [4.78, 5) is 0. The Morgan fingerprint density at radius 1 is 1.50 bits per heavy atom. The van der Waals surface area contributed by atoms with Crippen LogP contribution in [-0.4, -0.2) is 15.8 Å². The molecule has 3 heteroatoms. The molecular formula is C13H21N3. The van der Waals surface area contributed by atoms with Crippen molar-refractivity contribution >= 4 is 5.57 Å². The molecule has 3 nitrogen and oxygen atoms in total. The maximum Gasteiger partial charge on any atom is 0.0564 e. The average molecular weight is 219 g/mol. The maximum atomic E-state index is 6.02. The van der Waals surface area contributed by atoms with Crippen LogP contribution in [0.5, 0.6) is 0 Å². The predicted molar refractivity (Wildman–Crippen MR) is 66.9 cm³/mol. The highest BCUT2D eigenvalue weighted by molar-refractivity contribution is 5.65. The first-order valence-electron chi connectivity index (χ1n) is 6.28. The predicted octanol–water partition coefficient (Wildman–Crippen LogP) is 2.58. The molecule has 1 aromatic heterocycles. The summed E-state index contributed by atoms with van der Waals surface area (Å²) in [5.41, 5.74) is 8.66. The first kappa shape index (κ1) is 11.4. The first-order valence-corrected chi connectivity index (χ1v) is 6.28. The Kier molecular flexibility index (Phi) is 3.78. The molecule has 16 heavy (non-hydrogen) atoms. The van der Waals surface area contributed by atoms with Gasteiger partial charge < -0.3 is 5.73 Å². The van der Waals surface area contributed by atoms with Crippen molar-refractivity contribution in [2.24, 2.45) is 5.73 Å². The van der Waals surface area contributed by atoms with Crippen molar-refractivity contribution in [2.75, 3.05) is 0 Å². The number of rotatable bonds is 3. The third kappa shape index (κ3) is 2.73. The van der Waals surface area contributed by atoms with E-state index in [0.717, 1.165) is 25.8 Å². The highest BCUT2D eigenvalue weighted by atomic mass is 15.3. The third-order valence-corrected chi connectivity index (χ3v) is 3.11. The van der Waals surface area contributed by atoms with Crippen molar-refractivity contribution in [2.45, 2.75) is 51.6 Å². The van der Waals surface area contributed by atoms with E-state index in [1.165, 1.54) is 24.0 Å². The van der Waals surface area contributed by atoms with Gasteiger partial charge >= 0.3 is 0 Å². The van der Waals surface area contributed by atoms with Gasteiger partial charge in [-0.3, -0.25) is 4.68 Å². The van der Waals surface area contributed by atoms with E-state index in [-0.39, 0.29) is 6.04 Å². The third-order valence-electron chi connectivity index (χ3n) is 3.11. The zero-order valence-corrected chi connectivity index (χ0v) is 10.0. The van der Waals surface area contributed by atoms with Gasteiger partial charge in [0.05, 0.1) is 6.20 Å². The minimum Gasteiger partial charge on any atom is -0.324 e. The van der Waals surface area contributed by atoms with Gasteiger partial charge in [0.25, 0.3) is 0 Å². The maximum absolute atomic E-state index is 6.02. The van der Waals surface area contributed by atoms with Crippen molar-refractivity contribution in [3.63, 3.8) is 0 Å². The minimum absolute atomic E-state index is 0.229. The smallest absolute Gasteiger partial charge is 0.0564 e. The van der Waals surface area contributed by atoms with Crippen LogP contribution in [0.1, 0.15) is 44.6 Å². The molecular weight excluding hydrogens is 198 g/mol. The second-order valence-corrected chi connectivity index (χ2v) is 4.59. The largest absolute Gasteiger partial charge is 0.324 e. The molecule has 0 fully saturated rings. The summed E-state index contributed by atoms with van der Waals surface area (Å²) in [5, 5.41) is 4.37. The molecule has 0 saturated heterocycles. The highest BCUT2D eigenvalue weighted by Crippen LogP contribution is 2.25. The molecule has 1 heterocycles. The molecule has 0 amide bonds. The molecule has 1 aliphatic carbocycles. The van der Waals surface area contributed by atoms with Crippen LogP contribution in [-0.2, 0) is 6.54 Å². The number of nitrogens with two attached hydrogens (primary N) is 1. The Bertz CT molecular complexity index is 365. The van der Waals surface area contributed by atoms with Crippen LogP contribution in [0.4, 0.5) is 0 Å². The number of hydrogen-bond donors (Lipinski definition) is 1. The van der Waals surface area contributed by atoms with Crippen LogP contribution in [0.2, 0.25) is 0 Å². The van der Waals surface area contributed by atoms with E-state index >= 15 is 0 Å². The van der Waals surface area contributed by atoms with Crippen LogP contribution in [0.25, 0.3) is 5.57 Å². The fourth-order valence-electron chi connectivity index (χ4n) is 2.24. The number of hydrogen-bond acceptors (Lipinski definition) is 2. The van der Waals surface area contributed by atoms with E-state index in [1.807, 2.05) is 10.9 Å². The van der Waals surface area contributed by atoms with Gasteiger partial charge in [-0.05, 0) is 31.3 Å². The fourth-order valence-corrected chi connectivity index (χ4v) is 2.24. The lowest BCUT2D eigenvalue weighted by molar-refractivity contribution is 0.602. The van der Waals surface area contributed by atoms with Crippen molar-refractivity contribution < 1.29 is 0 Å². The van der Waals surface area contributed by atoms with E-state index in [4.69, 9.17) is 5.73 Å². The van der Waals surface area contributed by atoms with Gasteiger partial charge in [0.1, 0.15) is 0 Å². The molecule has 0 spiro atoms. The second kappa shape index (κ2) is 5.30. The zero-order valence-electron chi connectivity index (χ0n) is 10.0. The van der Waals surface area contributed by atoms with Crippen molar-refractivity contribution in [1.82, 2.24) is 9.78 Å². The molecule has 0 aliphatic heterocycles. The van der Waals surface area contributed by atoms with Gasteiger partial charge in [-0.1, -0.05) is 19.4 Å². The molecule has 1 atom stereocenters. The summed E-state index contributed by atoms with van der Waals surface area (Å²) < 4.78 is 2.02. The summed E-state index contributed by atoms with van der Waals surface area (Å²) in [6.07, 6.45) is 12.2. The van der Waals surface area contributed by atoms with Gasteiger partial charge in [-0.2, -0.15) is 5.10 Å². The summed E-state index contributed by atoms with van der Waals surface area (Å²) in [5.74, 6) is 0. The Hall–Kier alpha value is -1.09. The van der Waals surface area contributed by atoms with Crippen molar-refractivity contribution in [3.8, 4) is 0 Å². The molecule has 0 aromatic carbocycles. The quantitative estimate of drug-likeness (QED) is 0.849. The van der Waals surface area contributed by atoms with E-state index in [2.05, 4.69) is 24.3 Å². The lowest BCUT2D eigenvalue weighted by Gasteiger charge is -2.03. The summed E-state index contributed by atoms with van der Waals surface area (Å²) >= 11 is 0. The Labute approximate surface area is 97.3 Å². The Morgan fingerprint density at radius 3 is 3.19 bits per heavy atom. The van der Waals surface area contributed by atoms with Gasteiger partial charge in [-0.15, -0.1) is 0 Å². The molecule has 2 N–H and O–H groups in total. The highest BCUT2D eigenvalue weighted by Gasteiger charge is 2.11. The van der Waals surface area contributed by atoms with Gasteiger partial charge in [-0.25, -0.2) is 0 Å². The summed E-state index contributed by atoms with van der Waals surface area (Å²) in [7, 11) is 0. The van der Waals surface area contributed by atoms with E-state index in [0.29, 0.717) is 0 Å². The van der Waals surface area contributed by atoms with Crippen LogP contribution >= 0.6 is 0 Å². The molecule has 2 rings (SSSR count). The summed E-state index contributed by atoms with van der Waals surface area (Å²) in [6.45, 7) is 3.17. The number of nitrogens with zero attached hydrogens (tertiary/aromatic N) is 2. The standard InChI is InChI=1S/C13H21N3/c1-2-7-16-10-12(9-15-16)11-5-3-4-6-13(14)8-11/h8-10,13H,2-7,14H2,1H3. The van der Waals surface area contributed by atoms with E-state index in [9.17, 15) is 0 Å².